The first-order chi connectivity index (χ1) is 7.69. The molecule has 1 aromatic carbocycles. The largest absolute Gasteiger partial charge is 0.453 e. The molecule has 1 atom stereocenters. The van der Waals surface area contributed by atoms with Crippen LogP contribution in [-0.4, -0.2) is 26.9 Å². The summed E-state index contributed by atoms with van der Waals surface area (Å²) in [5.74, 6) is 0. The van der Waals surface area contributed by atoms with E-state index in [1.165, 1.54) is 7.11 Å². The van der Waals surface area contributed by atoms with E-state index >= 15 is 0 Å². The van der Waals surface area contributed by atoms with Gasteiger partial charge in [0, 0.05) is 7.11 Å². The highest BCUT2D eigenvalue weighted by molar-refractivity contribution is 5.66. The van der Waals surface area contributed by atoms with Gasteiger partial charge in [0.1, 0.15) is 0 Å². The SMILES string of the molecule is COC(=O)NCC(OC)c1ccccc1C. The second kappa shape index (κ2) is 6.12. The maximum atomic E-state index is 11.0. The summed E-state index contributed by atoms with van der Waals surface area (Å²) in [6.45, 7) is 2.41. The van der Waals surface area contributed by atoms with Crippen LogP contribution in [0.3, 0.4) is 0 Å². The molecule has 0 heterocycles. The molecule has 0 radical (unpaired) electrons. The van der Waals surface area contributed by atoms with E-state index in [-0.39, 0.29) is 6.10 Å². The number of carbonyl (C=O) groups excluding carboxylic acids is 1. The summed E-state index contributed by atoms with van der Waals surface area (Å²) in [7, 11) is 2.96. The van der Waals surface area contributed by atoms with E-state index in [2.05, 4.69) is 10.1 Å². The van der Waals surface area contributed by atoms with Crippen LogP contribution in [0.15, 0.2) is 24.3 Å². The van der Waals surface area contributed by atoms with Crippen LogP contribution in [0.4, 0.5) is 4.79 Å². The number of carbonyl (C=O) groups is 1. The van der Waals surface area contributed by atoms with Gasteiger partial charge in [-0.1, -0.05) is 24.3 Å². The minimum atomic E-state index is -0.448. The Bertz CT molecular complexity index is 352. The fourth-order valence-electron chi connectivity index (χ4n) is 1.52. The number of methoxy groups -OCH3 is 2. The maximum Gasteiger partial charge on any atom is 0.406 e. The van der Waals surface area contributed by atoms with Crippen LogP contribution in [0, 0.1) is 6.92 Å². The first-order valence-corrected chi connectivity index (χ1v) is 5.09. The van der Waals surface area contributed by atoms with Crippen molar-refractivity contribution in [2.45, 2.75) is 13.0 Å². The van der Waals surface area contributed by atoms with Gasteiger partial charge >= 0.3 is 6.09 Å². The van der Waals surface area contributed by atoms with E-state index in [0.29, 0.717) is 6.54 Å². The lowest BCUT2D eigenvalue weighted by Crippen LogP contribution is -2.29. The molecule has 1 amide bonds. The minimum Gasteiger partial charge on any atom is -0.453 e. The number of alkyl carbamates (subject to hydrolysis) is 1. The molecule has 1 N–H and O–H groups in total. The minimum absolute atomic E-state index is 0.153. The third-order valence-corrected chi connectivity index (χ3v) is 2.44. The first-order valence-electron chi connectivity index (χ1n) is 5.09. The number of amides is 1. The highest BCUT2D eigenvalue weighted by atomic mass is 16.5. The van der Waals surface area contributed by atoms with E-state index in [9.17, 15) is 4.79 Å². The lowest BCUT2D eigenvalue weighted by Gasteiger charge is -2.18. The lowest BCUT2D eigenvalue weighted by atomic mass is 10.0. The average Bonchev–Trinajstić information content (AvgIpc) is 2.31. The zero-order chi connectivity index (χ0) is 12.0. The topological polar surface area (TPSA) is 47.6 Å². The third-order valence-electron chi connectivity index (χ3n) is 2.44. The zero-order valence-electron chi connectivity index (χ0n) is 9.82. The normalized spacial score (nSPS) is 11.9. The number of hydrogen-bond donors (Lipinski definition) is 1. The van der Waals surface area contributed by atoms with Crippen LogP contribution in [0.5, 0.6) is 0 Å². The molecule has 0 fully saturated rings. The Balaban J connectivity index is 2.68. The molecule has 1 aromatic rings. The molecule has 88 valence electrons. The van der Waals surface area contributed by atoms with Gasteiger partial charge in [-0.25, -0.2) is 4.79 Å². The van der Waals surface area contributed by atoms with Gasteiger partial charge < -0.3 is 14.8 Å². The van der Waals surface area contributed by atoms with Crippen molar-refractivity contribution >= 4 is 6.09 Å². The zero-order valence-corrected chi connectivity index (χ0v) is 9.82. The van der Waals surface area contributed by atoms with Crippen LogP contribution in [0.1, 0.15) is 17.2 Å². The molecule has 0 saturated heterocycles. The van der Waals surface area contributed by atoms with Crippen molar-refractivity contribution in [3.63, 3.8) is 0 Å². The Hall–Kier alpha value is -1.55. The number of ether oxygens (including phenoxy) is 2. The van der Waals surface area contributed by atoms with E-state index in [4.69, 9.17) is 4.74 Å². The van der Waals surface area contributed by atoms with Crippen molar-refractivity contribution < 1.29 is 14.3 Å². The smallest absolute Gasteiger partial charge is 0.406 e. The summed E-state index contributed by atoms with van der Waals surface area (Å²) in [5.41, 5.74) is 2.21. The van der Waals surface area contributed by atoms with Crippen molar-refractivity contribution in [3.05, 3.63) is 35.4 Å². The van der Waals surface area contributed by atoms with E-state index < -0.39 is 6.09 Å². The molecule has 0 aliphatic rings. The van der Waals surface area contributed by atoms with Gasteiger partial charge in [-0.3, -0.25) is 0 Å². The Labute approximate surface area is 95.6 Å². The molecule has 0 spiro atoms. The summed E-state index contributed by atoms with van der Waals surface area (Å²) in [5, 5.41) is 2.62. The maximum absolute atomic E-state index is 11.0. The van der Waals surface area contributed by atoms with Gasteiger partial charge in [-0.2, -0.15) is 0 Å². The molecule has 0 bridgehead atoms. The summed E-state index contributed by atoms with van der Waals surface area (Å²) < 4.78 is 9.85. The summed E-state index contributed by atoms with van der Waals surface area (Å²) in [4.78, 5) is 11.0. The van der Waals surface area contributed by atoms with E-state index in [0.717, 1.165) is 11.1 Å². The molecule has 0 aliphatic heterocycles. The standard InChI is InChI=1S/C12H17NO3/c1-9-6-4-5-7-10(9)11(15-2)8-13-12(14)16-3/h4-7,11H,8H2,1-3H3,(H,13,14). The fourth-order valence-corrected chi connectivity index (χ4v) is 1.52. The van der Waals surface area contributed by atoms with Crippen LogP contribution < -0.4 is 5.32 Å². The molecule has 4 heteroatoms. The molecule has 0 saturated carbocycles. The number of hydrogen-bond acceptors (Lipinski definition) is 3. The predicted molar refractivity (Wildman–Crippen MR) is 61.3 cm³/mol. The van der Waals surface area contributed by atoms with Gasteiger partial charge in [0.15, 0.2) is 0 Å². The Morgan fingerprint density at radius 3 is 2.62 bits per heavy atom. The number of aryl methyl sites for hydroxylation is 1. The van der Waals surface area contributed by atoms with Gasteiger partial charge in [-0.15, -0.1) is 0 Å². The molecule has 0 aromatic heterocycles. The average molecular weight is 223 g/mol. The fraction of sp³-hybridized carbons (Fsp3) is 0.417. The van der Waals surface area contributed by atoms with Crippen LogP contribution in [0.2, 0.25) is 0 Å². The Morgan fingerprint density at radius 1 is 1.38 bits per heavy atom. The van der Waals surface area contributed by atoms with E-state index in [1.54, 1.807) is 7.11 Å². The molecule has 0 aliphatic carbocycles. The summed E-state index contributed by atoms with van der Waals surface area (Å²) >= 11 is 0. The lowest BCUT2D eigenvalue weighted by molar-refractivity contribution is 0.0977. The van der Waals surface area contributed by atoms with Gasteiger partial charge in [0.2, 0.25) is 0 Å². The van der Waals surface area contributed by atoms with Gasteiger partial charge in [0.05, 0.1) is 19.8 Å². The molecule has 4 nitrogen and oxygen atoms in total. The number of nitrogens with one attached hydrogen (secondary N) is 1. The van der Waals surface area contributed by atoms with E-state index in [1.807, 2.05) is 31.2 Å². The quantitative estimate of drug-likeness (QED) is 0.849. The monoisotopic (exact) mass is 223 g/mol. The highest BCUT2D eigenvalue weighted by Gasteiger charge is 2.13. The van der Waals surface area contributed by atoms with Crippen molar-refractivity contribution in [2.24, 2.45) is 0 Å². The first kappa shape index (κ1) is 12.5. The Morgan fingerprint density at radius 2 is 2.06 bits per heavy atom. The van der Waals surface area contributed by atoms with Crippen molar-refractivity contribution in [1.29, 1.82) is 0 Å². The Kier molecular flexibility index (Phi) is 4.79. The number of benzene rings is 1. The van der Waals surface area contributed by atoms with Crippen molar-refractivity contribution in [3.8, 4) is 0 Å². The second-order valence-electron chi connectivity index (χ2n) is 3.45. The predicted octanol–water partition coefficient (Wildman–Crippen LogP) is 2.04. The highest BCUT2D eigenvalue weighted by Crippen LogP contribution is 2.19. The van der Waals surface area contributed by atoms with Crippen LogP contribution in [-0.2, 0) is 9.47 Å². The van der Waals surface area contributed by atoms with Crippen LogP contribution in [0.25, 0.3) is 0 Å². The van der Waals surface area contributed by atoms with Gasteiger partial charge in [-0.05, 0) is 18.1 Å². The molecule has 1 unspecified atom stereocenters. The molecule has 16 heavy (non-hydrogen) atoms. The summed E-state index contributed by atoms with van der Waals surface area (Å²) in [6, 6.07) is 7.92. The molecule has 1 rings (SSSR count). The number of rotatable bonds is 4. The van der Waals surface area contributed by atoms with Crippen molar-refractivity contribution in [1.82, 2.24) is 5.32 Å². The molecular formula is C12H17NO3. The van der Waals surface area contributed by atoms with Crippen molar-refractivity contribution in [2.75, 3.05) is 20.8 Å². The second-order valence-corrected chi connectivity index (χ2v) is 3.45. The van der Waals surface area contributed by atoms with Gasteiger partial charge in [0.25, 0.3) is 0 Å². The van der Waals surface area contributed by atoms with Crippen LogP contribution >= 0.6 is 0 Å². The molecular weight excluding hydrogens is 206 g/mol. The third kappa shape index (κ3) is 3.24. The summed E-state index contributed by atoms with van der Waals surface area (Å²) in [6.07, 6.45) is -0.601.